The molecule has 1 saturated heterocycles. The topological polar surface area (TPSA) is 102 Å². The molecule has 1 aromatic heterocycles. The van der Waals surface area contributed by atoms with Gasteiger partial charge in [-0.25, -0.2) is 9.97 Å². The fourth-order valence-electron chi connectivity index (χ4n) is 3.74. The number of aromatic nitrogens is 2. The molecule has 0 aromatic carbocycles. The van der Waals surface area contributed by atoms with Crippen LogP contribution in [0.4, 0.5) is 17.3 Å². The second kappa shape index (κ2) is 10.4. The zero-order valence-electron chi connectivity index (χ0n) is 18.1. The standard InChI is InChI=1S/C20H33N5O4/c1-6-29-20(26)16-8-7-9-23(12-16)18-17(25(27)28)19(22-13-21-18)24(10-14(2)3)11-15(4)5/h13-16H,6-12H2,1-5H3. The lowest BCUT2D eigenvalue weighted by atomic mass is 9.98. The Morgan fingerprint density at radius 1 is 1.31 bits per heavy atom. The summed E-state index contributed by atoms with van der Waals surface area (Å²) < 4.78 is 5.15. The van der Waals surface area contributed by atoms with Crippen molar-refractivity contribution in [2.24, 2.45) is 17.8 Å². The molecular formula is C20H33N5O4. The molecule has 0 N–H and O–H groups in total. The van der Waals surface area contributed by atoms with E-state index in [1.165, 1.54) is 6.33 Å². The largest absolute Gasteiger partial charge is 0.466 e. The fourth-order valence-corrected chi connectivity index (χ4v) is 3.74. The van der Waals surface area contributed by atoms with Crippen molar-refractivity contribution in [3.8, 4) is 0 Å². The summed E-state index contributed by atoms with van der Waals surface area (Å²) in [5.74, 6) is 0.733. The van der Waals surface area contributed by atoms with Gasteiger partial charge in [-0.2, -0.15) is 0 Å². The number of nitrogens with zero attached hydrogens (tertiary/aromatic N) is 5. The van der Waals surface area contributed by atoms with Gasteiger partial charge in [-0.05, 0) is 31.6 Å². The summed E-state index contributed by atoms with van der Waals surface area (Å²) >= 11 is 0. The quantitative estimate of drug-likeness (QED) is 0.349. The van der Waals surface area contributed by atoms with Gasteiger partial charge in [0.2, 0.25) is 11.6 Å². The molecule has 0 saturated carbocycles. The lowest BCUT2D eigenvalue weighted by molar-refractivity contribution is -0.383. The van der Waals surface area contributed by atoms with Gasteiger partial charge in [0.05, 0.1) is 17.4 Å². The van der Waals surface area contributed by atoms with Gasteiger partial charge in [-0.1, -0.05) is 27.7 Å². The van der Waals surface area contributed by atoms with Crippen molar-refractivity contribution in [1.29, 1.82) is 0 Å². The molecule has 0 spiro atoms. The van der Waals surface area contributed by atoms with E-state index in [1.54, 1.807) is 6.92 Å². The van der Waals surface area contributed by atoms with Crippen LogP contribution >= 0.6 is 0 Å². The van der Waals surface area contributed by atoms with Gasteiger partial charge in [0.1, 0.15) is 6.33 Å². The maximum Gasteiger partial charge on any atom is 0.353 e. The minimum atomic E-state index is -0.397. The number of nitro groups is 1. The van der Waals surface area contributed by atoms with E-state index in [0.717, 1.165) is 6.42 Å². The molecule has 0 amide bonds. The first-order chi connectivity index (χ1) is 13.7. The average molecular weight is 408 g/mol. The highest BCUT2D eigenvalue weighted by molar-refractivity contribution is 5.75. The van der Waals surface area contributed by atoms with Crippen LogP contribution in [0, 0.1) is 27.9 Å². The van der Waals surface area contributed by atoms with Crippen LogP contribution in [0.15, 0.2) is 6.33 Å². The number of rotatable bonds is 9. The van der Waals surface area contributed by atoms with Crippen molar-refractivity contribution in [3.05, 3.63) is 16.4 Å². The minimum Gasteiger partial charge on any atom is -0.466 e. The molecule has 1 aliphatic heterocycles. The zero-order chi connectivity index (χ0) is 21.6. The molecule has 2 heterocycles. The first kappa shape index (κ1) is 22.8. The van der Waals surface area contributed by atoms with Crippen LogP contribution in [0.25, 0.3) is 0 Å². The molecule has 9 heteroatoms. The molecule has 0 radical (unpaired) electrons. The first-order valence-electron chi connectivity index (χ1n) is 10.4. The van der Waals surface area contributed by atoms with E-state index in [9.17, 15) is 14.9 Å². The van der Waals surface area contributed by atoms with Crippen molar-refractivity contribution < 1.29 is 14.5 Å². The first-order valence-corrected chi connectivity index (χ1v) is 10.4. The second-order valence-electron chi connectivity index (χ2n) is 8.36. The zero-order valence-corrected chi connectivity index (χ0v) is 18.1. The lowest BCUT2D eigenvalue weighted by Gasteiger charge is -2.33. The van der Waals surface area contributed by atoms with Crippen molar-refractivity contribution in [3.63, 3.8) is 0 Å². The Kier molecular flexibility index (Phi) is 8.16. The number of anilines is 2. The van der Waals surface area contributed by atoms with Crippen molar-refractivity contribution >= 4 is 23.3 Å². The maximum absolute atomic E-state index is 12.2. The van der Waals surface area contributed by atoms with Crippen LogP contribution in [0.3, 0.4) is 0 Å². The number of carbonyl (C=O) groups is 1. The highest BCUT2D eigenvalue weighted by Crippen LogP contribution is 2.36. The summed E-state index contributed by atoms with van der Waals surface area (Å²) in [5.41, 5.74) is -0.0849. The third-order valence-electron chi connectivity index (χ3n) is 4.78. The monoisotopic (exact) mass is 407 g/mol. The van der Waals surface area contributed by atoms with Gasteiger partial charge in [0.25, 0.3) is 0 Å². The third-order valence-corrected chi connectivity index (χ3v) is 4.78. The SMILES string of the molecule is CCOC(=O)C1CCCN(c2ncnc(N(CC(C)C)CC(C)C)c2[N+](=O)[O-])C1. The highest BCUT2D eigenvalue weighted by Gasteiger charge is 2.34. The number of piperidine rings is 1. The van der Waals surface area contributed by atoms with Crippen molar-refractivity contribution in [2.75, 3.05) is 42.6 Å². The Hall–Kier alpha value is -2.45. The predicted molar refractivity (Wildman–Crippen MR) is 112 cm³/mol. The number of carbonyl (C=O) groups excluding carboxylic acids is 1. The van der Waals surface area contributed by atoms with Gasteiger partial charge < -0.3 is 14.5 Å². The summed E-state index contributed by atoms with van der Waals surface area (Å²) in [5, 5.41) is 12.1. The Bertz CT molecular complexity index is 700. The Morgan fingerprint density at radius 2 is 1.97 bits per heavy atom. The van der Waals surface area contributed by atoms with Crippen LogP contribution in [0.2, 0.25) is 0 Å². The lowest BCUT2D eigenvalue weighted by Crippen LogP contribution is -2.40. The number of hydrogen-bond acceptors (Lipinski definition) is 8. The Balaban J connectivity index is 2.41. The molecule has 1 unspecified atom stereocenters. The van der Waals surface area contributed by atoms with E-state index in [1.807, 2.05) is 9.80 Å². The molecule has 1 aromatic rings. The molecule has 1 fully saturated rings. The predicted octanol–water partition coefficient (Wildman–Crippen LogP) is 3.28. The summed E-state index contributed by atoms with van der Waals surface area (Å²) in [6.07, 6.45) is 2.86. The van der Waals surface area contributed by atoms with Gasteiger partial charge in [0.15, 0.2) is 0 Å². The van der Waals surface area contributed by atoms with Crippen molar-refractivity contribution in [1.82, 2.24) is 9.97 Å². The van der Waals surface area contributed by atoms with E-state index in [0.29, 0.717) is 56.9 Å². The summed E-state index contributed by atoms with van der Waals surface area (Å²) in [4.78, 5) is 36.2. The van der Waals surface area contributed by atoms with Crippen LogP contribution in [0.1, 0.15) is 47.5 Å². The average Bonchev–Trinajstić information content (AvgIpc) is 2.66. The number of ether oxygens (including phenoxy) is 1. The van der Waals surface area contributed by atoms with Gasteiger partial charge >= 0.3 is 11.7 Å². The van der Waals surface area contributed by atoms with E-state index in [2.05, 4.69) is 37.7 Å². The Labute approximate surface area is 172 Å². The third kappa shape index (κ3) is 6.01. The van der Waals surface area contributed by atoms with Gasteiger partial charge in [-0.15, -0.1) is 0 Å². The second-order valence-corrected chi connectivity index (χ2v) is 8.36. The molecule has 0 bridgehead atoms. The molecule has 162 valence electrons. The number of esters is 1. The molecule has 9 nitrogen and oxygen atoms in total. The highest BCUT2D eigenvalue weighted by atomic mass is 16.6. The molecule has 29 heavy (non-hydrogen) atoms. The van der Waals surface area contributed by atoms with Crippen LogP contribution in [-0.4, -0.2) is 53.6 Å². The maximum atomic E-state index is 12.2. The Morgan fingerprint density at radius 3 is 2.52 bits per heavy atom. The fraction of sp³-hybridized carbons (Fsp3) is 0.750. The van der Waals surface area contributed by atoms with Gasteiger partial charge in [-0.3, -0.25) is 14.9 Å². The van der Waals surface area contributed by atoms with Crippen LogP contribution < -0.4 is 9.80 Å². The van der Waals surface area contributed by atoms with Crippen LogP contribution in [0.5, 0.6) is 0 Å². The van der Waals surface area contributed by atoms with E-state index in [4.69, 9.17) is 4.74 Å². The number of hydrogen-bond donors (Lipinski definition) is 0. The molecule has 2 rings (SSSR count). The normalized spacial score (nSPS) is 16.9. The minimum absolute atomic E-state index is 0.0849. The molecule has 1 atom stereocenters. The summed E-state index contributed by atoms with van der Waals surface area (Å²) in [6, 6.07) is 0. The molecule has 1 aliphatic rings. The van der Waals surface area contributed by atoms with Crippen molar-refractivity contribution in [2.45, 2.75) is 47.5 Å². The van der Waals surface area contributed by atoms with E-state index < -0.39 is 4.92 Å². The van der Waals surface area contributed by atoms with Gasteiger partial charge in [0, 0.05) is 26.2 Å². The molecule has 0 aliphatic carbocycles. The summed E-state index contributed by atoms with van der Waals surface area (Å²) in [6.45, 7) is 12.7. The summed E-state index contributed by atoms with van der Waals surface area (Å²) in [7, 11) is 0. The van der Waals surface area contributed by atoms with Crippen LogP contribution in [-0.2, 0) is 9.53 Å². The van der Waals surface area contributed by atoms with E-state index >= 15 is 0 Å². The molecular weight excluding hydrogens is 374 g/mol. The van der Waals surface area contributed by atoms with E-state index in [-0.39, 0.29) is 23.4 Å². The smallest absolute Gasteiger partial charge is 0.353 e.